The van der Waals surface area contributed by atoms with E-state index in [1.807, 2.05) is 35.0 Å². The summed E-state index contributed by atoms with van der Waals surface area (Å²) in [4.78, 5) is 12.9. The minimum atomic E-state index is -0.237. The molecule has 1 heterocycles. The molecule has 1 N–H and O–H groups in total. The van der Waals surface area contributed by atoms with Crippen molar-refractivity contribution in [2.75, 3.05) is 5.32 Å². The van der Waals surface area contributed by atoms with Crippen LogP contribution in [0.2, 0.25) is 0 Å². The molecule has 0 aliphatic heterocycles. The van der Waals surface area contributed by atoms with E-state index in [1.165, 1.54) is 25.7 Å². The highest BCUT2D eigenvalue weighted by molar-refractivity contribution is 6.03. The molecule has 4 rings (SSSR count). The lowest BCUT2D eigenvalue weighted by Crippen LogP contribution is -2.29. The average Bonchev–Trinajstić information content (AvgIpc) is 3.15. The van der Waals surface area contributed by atoms with Crippen molar-refractivity contribution < 1.29 is 9.53 Å². The molecule has 1 amide bonds. The third-order valence-corrected chi connectivity index (χ3v) is 5.31. The zero-order chi connectivity index (χ0) is 19.0. The number of rotatable bonds is 5. The van der Waals surface area contributed by atoms with Crippen LogP contribution < -0.4 is 10.1 Å². The van der Waals surface area contributed by atoms with Crippen molar-refractivity contribution in [1.29, 1.82) is 0 Å². The lowest BCUT2D eigenvalue weighted by molar-refractivity contribution is 0.100. The first kappa shape index (κ1) is 18.1. The number of carbonyl (C=O) groups is 1. The monoisotopic (exact) mass is 367 g/mol. The maximum absolute atomic E-state index is 12.9. The summed E-state index contributed by atoms with van der Waals surface area (Å²) >= 11 is 0. The molecule has 2 aromatic rings. The van der Waals surface area contributed by atoms with Crippen LogP contribution in [-0.4, -0.2) is 21.8 Å². The van der Waals surface area contributed by atoms with Gasteiger partial charge >= 0.3 is 0 Å². The van der Waals surface area contributed by atoms with Gasteiger partial charge in [-0.25, -0.2) is 0 Å². The lowest BCUT2D eigenvalue weighted by atomic mass is 10.1. The van der Waals surface area contributed by atoms with Gasteiger partial charge in [-0.1, -0.05) is 0 Å². The molecule has 0 radical (unpaired) electrons. The maximum atomic E-state index is 12.9. The van der Waals surface area contributed by atoms with Gasteiger partial charge in [0, 0.05) is 11.6 Å². The van der Waals surface area contributed by atoms with E-state index in [-0.39, 0.29) is 11.4 Å². The Bertz CT molecular complexity index is 807. The van der Waals surface area contributed by atoms with Crippen LogP contribution in [0.4, 0.5) is 5.69 Å². The fourth-order valence-electron chi connectivity index (χ4n) is 3.66. The molecule has 0 bridgehead atoms. The Kier molecular flexibility index (Phi) is 4.70. The van der Waals surface area contributed by atoms with E-state index in [9.17, 15) is 4.79 Å². The summed E-state index contributed by atoms with van der Waals surface area (Å²) < 4.78 is 7.85. The zero-order valence-corrected chi connectivity index (χ0v) is 16.5. The average molecular weight is 367 g/mol. The number of anilines is 1. The van der Waals surface area contributed by atoms with Crippen molar-refractivity contribution in [3.8, 4) is 5.75 Å². The number of hydrogen-bond acceptors (Lipinski definition) is 3. The smallest absolute Gasteiger partial charge is 0.273 e. The largest absolute Gasteiger partial charge is 0.490 e. The molecule has 27 heavy (non-hydrogen) atoms. The molecule has 0 saturated heterocycles. The number of hydrogen-bond donors (Lipinski definition) is 1. The van der Waals surface area contributed by atoms with Crippen LogP contribution in [0.15, 0.2) is 30.3 Å². The van der Waals surface area contributed by atoms with E-state index >= 15 is 0 Å². The summed E-state index contributed by atoms with van der Waals surface area (Å²) in [7, 11) is 0. The normalized spacial score (nSPS) is 17.9. The summed E-state index contributed by atoms with van der Waals surface area (Å²) in [5.74, 6) is 1.27. The molecule has 144 valence electrons. The van der Waals surface area contributed by atoms with Gasteiger partial charge in [-0.05, 0) is 89.6 Å². The standard InChI is InChI=1S/C22H29N3O2/c1-22(2,3)25-20(14-19(24-25)15-8-9-15)21(26)23-16-10-12-18(13-11-16)27-17-6-4-5-7-17/h10-15,17H,4-9H2,1-3H3,(H,23,26). The van der Waals surface area contributed by atoms with E-state index in [2.05, 4.69) is 26.1 Å². The Labute approximate surface area is 161 Å². The van der Waals surface area contributed by atoms with Gasteiger partial charge in [0.1, 0.15) is 11.4 Å². The zero-order valence-electron chi connectivity index (χ0n) is 16.5. The summed E-state index contributed by atoms with van der Waals surface area (Å²) in [6.07, 6.45) is 7.46. The summed E-state index contributed by atoms with van der Waals surface area (Å²) in [6.45, 7) is 6.22. The van der Waals surface area contributed by atoms with Gasteiger partial charge in [-0.15, -0.1) is 0 Å². The molecule has 0 spiro atoms. The second kappa shape index (κ2) is 7.02. The van der Waals surface area contributed by atoms with Gasteiger partial charge in [0.2, 0.25) is 0 Å². The van der Waals surface area contributed by atoms with Crippen molar-refractivity contribution >= 4 is 11.6 Å². The fraction of sp³-hybridized carbons (Fsp3) is 0.545. The maximum Gasteiger partial charge on any atom is 0.273 e. The van der Waals surface area contributed by atoms with Crippen LogP contribution in [0, 0.1) is 0 Å². The Morgan fingerprint density at radius 1 is 1.11 bits per heavy atom. The highest BCUT2D eigenvalue weighted by Crippen LogP contribution is 2.40. The highest BCUT2D eigenvalue weighted by Gasteiger charge is 2.31. The van der Waals surface area contributed by atoms with Gasteiger partial charge < -0.3 is 10.1 Å². The van der Waals surface area contributed by atoms with Crippen LogP contribution in [0.1, 0.15) is 81.4 Å². The first-order valence-corrected chi connectivity index (χ1v) is 10.1. The predicted molar refractivity (Wildman–Crippen MR) is 106 cm³/mol. The second-order valence-corrected chi connectivity index (χ2v) is 8.81. The van der Waals surface area contributed by atoms with Crippen molar-refractivity contribution in [1.82, 2.24) is 9.78 Å². The van der Waals surface area contributed by atoms with Crippen LogP contribution in [0.3, 0.4) is 0 Å². The Balaban J connectivity index is 1.47. The molecule has 1 aromatic carbocycles. The van der Waals surface area contributed by atoms with E-state index < -0.39 is 0 Å². The number of amides is 1. The number of aromatic nitrogens is 2. The first-order valence-electron chi connectivity index (χ1n) is 10.1. The Hall–Kier alpha value is -2.30. The number of nitrogens with one attached hydrogen (secondary N) is 1. The fourth-order valence-corrected chi connectivity index (χ4v) is 3.66. The Morgan fingerprint density at radius 2 is 1.78 bits per heavy atom. The Morgan fingerprint density at radius 3 is 2.37 bits per heavy atom. The van der Waals surface area contributed by atoms with E-state index in [4.69, 9.17) is 9.84 Å². The molecule has 5 nitrogen and oxygen atoms in total. The quantitative estimate of drug-likeness (QED) is 0.801. The molecule has 1 aromatic heterocycles. The minimum Gasteiger partial charge on any atom is -0.490 e. The van der Waals surface area contributed by atoms with Crippen molar-refractivity contribution in [2.45, 2.75) is 76.9 Å². The van der Waals surface area contributed by atoms with Crippen LogP contribution >= 0.6 is 0 Å². The number of carbonyl (C=O) groups excluding carboxylic acids is 1. The molecule has 2 aliphatic carbocycles. The molecule has 2 fully saturated rings. The van der Waals surface area contributed by atoms with Gasteiger partial charge in [-0.2, -0.15) is 5.10 Å². The second-order valence-electron chi connectivity index (χ2n) is 8.81. The summed E-state index contributed by atoms with van der Waals surface area (Å²) in [5.41, 5.74) is 2.19. The molecular weight excluding hydrogens is 338 g/mol. The van der Waals surface area contributed by atoms with Crippen LogP contribution in [0.25, 0.3) is 0 Å². The third kappa shape index (κ3) is 4.18. The number of ether oxygens (including phenoxy) is 1. The summed E-state index contributed by atoms with van der Waals surface area (Å²) in [5, 5.41) is 7.72. The van der Waals surface area contributed by atoms with Gasteiger partial charge in [-0.3, -0.25) is 9.48 Å². The van der Waals surface area contributed by atoms with E-state index in [0.29, 0.717) is 17.7 Å². The first-order chi connectivity index (χ1) is 12.9. The van der Waals surface area contributed by atoms with Crippen molar-refractivity contribution in [3.05, 3.63) is 41.7 Å². The van der Waals surface area contributed by atoms with E-state index in [0.717, 1.165) is 30.0 Å². The molecule has 0 atom stereocenters. The van der Waals surface area contributed by atoms with Crippen molar-refractivity contribution in [3.63, 3.8) is 0 Å². The van der Waals surface area contributed by atoms with Crippen LogP contribution in [-0.2, 0) is 5.54 Å². The topological polar surface area (TPSA) is 56.2 Å². The lowest BCUT2D eigenvalue weighted by Gasteiger charge is -2.22. The molecular formula is C22H29N3O2. The van der Waals surface area contributed by atoms with Crippen LogP contribution in [0.5, 0.6) is 5.75 Å². The van der Waals surface area contributed by atoms with E-state index in [1.54, 1.807) is 0 Å². The minimum absolute atomic E-state index is 0.117. The number of nitrogens with zero attached hydrogens (tertiary/aromatic N) is 2. The molecule has 5 heteroatoms. The predicted octanol–water partition coefficient (Wildman–Crippen LogP) is 5.09. The third-order valence-electron chi connectivity index (χ3n) is 5.31. The molecule has 2 saturated carbocycles. The highest BCUT2D eigenvalue weighted by atomic mass is 16.5. The molecule has 2 aliphatic rings. The van der Waals surface area contributed by atoms with Gasteiger partial charge in [0.05, 0.1) is 17.3 Å². The van der Waals surface area contributed by atoms with Gasteiger partial charge in [0.25, 0.3) is 5.91 Å². The number of benzene rings is 1. The van der Waals surface area contributed by atoms with Gasteiger partial charge in [0.15, 0.2) is 0 Å². The SMILES string of the molecule is CC(C)(C)n1nc(C2CC2)cc1C(=O)Nc1ccc(OC2CCCC2)cc1. The summed E-state index contributed by atoms with van der Waals surface area (Å²) in [6, 6.07) is 9.63. The van der Waals surface area contributed by atoms with Crippen molar-refractivity contribution in [2.24, 2.45) is 0 Å². The molecule has 0 unspecified atom stereocenters.